The van der Waals surface area contributed by atoms with Gasteiger partial charge in [-0.25, -0.2) is 4.79 Å². The van der Waals surface area contributed by atoms with Crippen LogP contribution in [-0.2, 0) is 9.47 Å². The molecule has 5 heteroatoms. The molecule has 1 spiro atoms. The molecule has 1 aliphatic carbocycles. The van der Waals surface area contributed by atoms with Gasteiger partial charge in [0.05, 0.1) is 11.7 Å². The average molecular weight is 332 g/mol. The summed E-state index contributed by atoms with van der Waals surface area (Å²) in [5.41, 5.74) is 1.09. The molecule has 1 aromatic carbocycles. The lowest BCUT2D eigenvalue weighted by molar-refractivity contribution is -0.0820. The fourth-order valence-corrected chi connectivity index (χ4v) is 3.95. The second-order valence-corrected chi connectivity index (χ2v) is 6.92. The van der Waals surface area contributed by atoms with E-state index in [2.05, 4.69) is 10.6 Å². The molecule has 3 rings (SSSR count). The maximum atomic E-state index is 12.2. The highest BCUT2D eigenvalue weighted by Gasteiger charge is 2.40. The lowest BCUT2D eigenvalue weighted by Gasteiger charge is -2.38. The number of nitrogens with one attached hydrogen (secondary N) is 2. The summed E-state index contributed by atoms with van der Waals surface area (Å²) in [6.45, 7) is 1.20. The molecule has 1 saturated heterocycles. The van der Waals surface area contributed by atoms with Crippen molar-refractivity contribution in [3.8, 4) is 0 Å². The van der Waals surface area contributed by atoms with Gasteiger partial charge in [-0.3, -0.25) is 0 Å². The van der Waals surface area contributed by atoms with E-state index in [1.54, 1.807) is 7.11 Å². The standard InChI is InChI=1S/C19H28N2O3/c1-23-17(15-7-3-2-4-8-15)14-20-18(22)21-16-9-12-24-19(13-16)10-5-6-11-19/h2-4,7-8,16-17H,5-6,9-14H2,1H3,(H2,20,21,22)/t16-,17+/m1/s1. The minimum absolute atomic E-state index is 0.0231. The molecule has 1 aliphatic heterocycles. The highest BCUT2D eigenvalue weighted by molar-refractivity contribution is 5.74. The molecule has 1 aromatic rings. The largest absolute Gasteiger partial charge is 0.375 e. The number of urea groups is 1. The Morgan fingerprint density at radius 2 is 2.08 bits per heavy atom. The van der Waals surface area contributed by atoms with Crippen molar-refractivity contribution in [1.82, 2.24) is 10.6 Å². The predicted molar refractivity (Wildman–Crippen MR) is 92.9 cm³/mol. The van der Waals surface area contributed by atoms with Crippen LogP contribution in [0.5, 0.6) is 0 Å². The number of methoxy groups -OCH3 is 1. The van der Waals surface area contributed by atoms with Gasteiger partial charge in [0.25, 0.3) is 0 Å². The van der Waals surface area contributed by atoms with Crippen molar-refractivity contribution < 1.29 is 14.3 Å². The zero-order valence-electron chi connectivity index (χ0n) is 14.4. The van der Waals surface area contributed by atoms with Crippen LogP contribution in [0.15, 0.2) is 30.3 Å². The highest BCUT2D eigenvalue weighted by atomic mass is 16.5. The summed E-state index contributed by atoms with van der Waals surface area (Å²) in [4.78, 5) is 12.2. The number of hydrogen-bond donors (Lipinski definition) is 2. The van der Waals surface area contributed by atoms with Crippen molar-refractivity contribution in [3.05, 3.63) is 35.9 Å². The van der Waals surface area contributed by atoms with E-state index >= 15 is 0 Å². The van der Waals surface area contributed by atoms with E-state index in [1.165, 1.54) is 12.8 Å². The third-order valence-electron chi connectivity index (χ3n) is 5.25. The molecule has 24 heavy (non-hydrogen) atoms. The van der Waals surface area contributed by atoms with Gasteiger partial charge in [0.15, 0.2) is 0 Å². The zero-order chi connectivity index (χ0) is 16.8. The lowest BCUT2D eigenvalue weighted by atomic mass is 9.89. The van der Waals surface area contributed by atoms with Crippen molar-refractivity contribution in [3.63, 3.8) is 0 Å². The molecule has 132 valence electrons. The first-order chi connectivity index (χ1) is 11.7. The molecule has 5 nitrogen and oxygen atoms in total. The monoisotopic (exact) mass is 332 g/mol. The summed E-state index contributed by atoms with van der Waals surface area (Å²) in [6, 6.07) is 10.0. The van der Waals surface area contributed by atoms with Crippen molar-refractivity contribution >= 4 is 6.03 Å². The topological polar surface area (TPSA) is 59.6 Å². The first-order valence-electron chi connectivity index (χ1n) is 8.97. The van der Waals surface area contributed by atoms with Gasteiger partial charge in [-0.2, -0.15) is 0 Å². The number of carbonyl (C=O) groups is 1. The molecular formula is C19H28N2O3. The maximum Gasteiger partial charge on any atom is 0.315 e. The number of rotatable bonds is 5. The van der Waals surface area contributed by atoms with Gasteiger partial charge in [-0.1, -0.05) is 43.2 Å². The Bertz CT molecular complexity index is 529. The third kappa shape index (κ3) is 4.28. The number of benzene rings is 1. The number of amides is 2. The van der Waals surface area contributed by atoms with Crippen molar-refractivity contribution in [2.24, 2.45) is 0 Å². The van der Waals surface area contributed by atoms with Crippen LogP contribution in [0.2, 0.25) is 0 Å². The van der Waals surface area contributed by atoms with Gasteiger partial charge in [-0.15, -0.1) is 0 Å². The van der Waals surface area contributed by atoms with Gasteiger partial charge < -0.3 is 20.1 Å². The Balaban J connectivity index is 1.47. The zero-order valence-corrected chi connectivity index (χ0v) is 14.4. The molecule has 0 radical (unpaired) electrons. The summed E-state index contributed by atoms with van der Waals surface area (Å²) < 4.78 is 11.5. The predicted octanol–water partition coefficient (Wildman–Crippen LogP) is 3.17. The summed E-state index contributed by atoms with van der Waals surface area (Å²) in [7, 11) is 1.67. The van der Waals surface area contributed by atoms with Gasteiger partial charge in [-0.05, 0) is 31.2 Å². The maximum absolute atomic E-state index is 12.2. The van der Waals surface area contributed by atoms with Gasteiger partial charge in [0.2, 0.25) is 0 Å². The Morgan fingerprint density at radius 3 is 2.79 bits per heavy atom. The Labute approximate surface area is 144 Å². The summed E-state index contributed by atoms with van der Waals surface area (Å²) >= 11 is 0. The second kappa shape index (κ2) is 7.99. The fraction of sp³-hybridized carbons (Fsp3) is 0.632. The number of hydrogen-bond acceptors (Lipinski definition) is 3. The third-order valence-corrected chi connectivity index (χ3v) is 5.25. The Kier molecular flexibility index (Phi) is 5.74. The van der Waals surface area contributed by atoms with Crippen LogP contribution >= 0.6 is 0 Å². The van der Waals surface area contributed by atoms with Crippen LogP contribution in [-0.4, -0.2) is 37.9 Å². The van der Waals surface area contributed by atoms with E-state index in [0.717, 1.165) is 37.9 Å². The second-order valence-electron chi connectivity index (χ2n) is 6.92. The van der Waals surface area contributed by atoms with Crippen LogP contribution < -0.4 is 10.6 Å². The van der Waals surface area contributed by atoms with Crippen LogP contribution in [0.4, 0.5) is 4.79 Å². The highest BCUT2D eigenvalue weighted by Crippen LogP contribution is 2.39. The Morgan fingerprint density at radius 1 is 1.33 bits per heavy atom. The molecule has 2 amide bonds. The van der Waals surface area contributed by atoms with E-state index in [9.17, 15) is 4.79 Å². The smallest absolute Gasteiger partial charge is 0.315 e. The van der Waals surface area contributed by atoms with E-state index in [-0.39, 0.29) is 23.8 Å². The first kappa shape index (κ1) is 17.2. The Hall–Kier alpha value is -1.59. The molecule has 2 N–H and O–H groups in total. The molecule has 2 atom stereocenters. The van der Waals surface area contributed by atoms with Gasteiger partial charge in [0.1, 0.15) is 0 Å². The first-order valence-corrected chi connectivity index (χ1v) is 8.97. The fourth-order valence-electron chi connectivity index (χ4n) is 3.95. The van der Waals surface area contributed by atoms with Gasteiger partial charge >= 0.3 is 6.03 Å². The molecule has 1 saturated carbocycles. The minimum Gasteiger partial charge on any atom is -0.375 e. The summed E-state index contributed by atoms with van der Waals surface area (Å²) in [5, 5.41) is 6.06. The molecule has 0 bridgehead atoms. The van der Waals surface area contributed by atoms with Crippen molar-refractivity contribution in [2.75, 3.05) is 20.3 Å². The molecule has 1 heterocycles. The van der Waals surface area contributed by atoms with E-state index in [4.69, 9.17) is 9.47 Å². The summed E-state index contributed by atoms with van der Waals surface area (Å²) in [5.74, 6) is 0. The van der Waals surface area contributed by atoms with Crippen molar-refractivity contribution in [1.29, 1.82) is 0 Å². The normalized spacial score (nSPS) is 23.8. The average Bonchev–Trinajstić information content (AvgIpc) is 3.04. The lowest BCUT2D eigenvalue weighted by Crippen LogP contribution is -2.50. The van der Waals surface area contributed by atoms with E-state index in [0.29, 0.717) is 6.54 Å². The molecule has 0 unspecified atom stereocenters. The number of ether oxygens (including phenoxy) is 2. The summed E-state index contributed by atoms with van der Waals surface area (Å²) in [6.07, 6.45) is 6.44. The molecule has 0 aromatic heterocycles. The molecule has 2 fully saturated rings. The number of carbonyl (C=O) groups excluding carboxylic acids is 1. The SMILES string of the molecule is CO[C@@H](CNC(=O)N[C@@H]1CCOC2(CCCC2)C1)c1ccccc1. The molecular weight excluding hydrogens is 304 g/mol. The van der Waals surface area contributed by atoms with Crippen LogP contribution in [0.1, 0.15) is 50.2 Å². The minimum atomic E-state index is -0.132. The molecule has 2 aliphatic rings. The quantitative estimate of drug-likeness (QED) is 0.871. The van der Waals surface area contributed by atoms with Gasteiger partial charge in [0, 0.05) is 26.3 Å². The van der Waals surface area contributed by atoms with Crippen LogP contribution in [0, 0.1) is 0 Å². The van der Waals surface area contributed by atoms with Crippen molar-refractivity contribution in [2.45, 2.75) is 56.3 Å². The van der Waals surface area contributed by atoms with E-state index in [1.807, 2.05) is 30.3 Å². The van der Waals surface area contributed by atoms with Crippen LogP contribution in [0.3, 0.4) is 0 Å². The van der Waals surface area contributed by atoms with Crippen LogP contribution in [0.25, 0.3) is 0 Å². The van der Waals surface area contributed by atoms with E-state index < -0.39 is 0 Å².